The average molecular weight is 466 g/mol. The molecular weight excluding hydrogens is 438 g/mol. The highest BCUT2D eigenvalue weighted by Gasteiger charge is 2.25. The van der Waals surface area contributed by atoms with Crippen LogP contribution in [-0.2, 0) is 14.8 Å². The number of hydrogen-bond acceptors (Lipinski definition) is 6. The van der Waals surface area contributed by atoms with E-state index in [1.165, 1.54) is 23.9 Å². The van der Waals surface area contributed by atoms with Crippen molar-refractivity contribution in [2.45, 2.75) is 17.4 Å². The van der Waals surface area contributed by atoms with Crippen molar-refractivity contribution in [3.8, 4) is 5.75 Å². The van der Waals surface area contributed by atoms with E-state index in [-0.39, 0.29) is 23.9 Å². The fourth-order valence-corrected chi connectivity index (χ4v) is 4.39. The van der Waals surface area contributed by atoms with Crippen LogP contribution < -0.4 is 20.1 Å². The second-order valence-electron chi connectivity index (χ2n) is 6.54. The molecule has 0 aliphatic carbocycles. The van der Waals surface area contributed by atoms with Crippen molar-refractivity contribution in [1.82, 2.24) is 15.4 Å². The first-order chi connectivity index (χ1) is 14.9. The summed E-state index contributed by atoms with van der Waals surface area (Å²) in [6.45, 7) is 0.376. The average Bonchev–Trinajstić information content (AvgIpc) is 2.79. The lowest BCUT2D eigenvalue weighted by molar-refractivity contribution is -0.122. The second kappa shape index (κ2) is 12.3. The van der Waals surface area contributed by atoms with Gasteiger partial charge >= 0.3 is 0 Å². The first kappa shape index (κ1) is 24.7. The fourth-order valence-electron chi connectivity index (χ4n) is 2.66. The maximum absolute atomic E-state index is 12.6. The number of carbonyl (C=O) groups excluding carboxylic acids is 2. The SMILES string of the molecule is COc1ccc(C(=O)NCCNC(=O)C(CCSC)NS(=O)(=O)c2ccccc2)cc1. The summed E-state index contributed by atoms with van der Waals surface area (Å²) in [4.78, 5) is 24.8. The van der Waals surface area contributed by atoms with E-state index >= 15 is 0 Å². The third-order valence-electron chi connectivity index (χ3n) is 4.34. The number of methoxy groups -OCH3 is 1. The molecule has 2 aromatic carbocycles. The minimum absolute atomic E-state index is 0.101. The molecule has 2 amide bonds. The summed E-state index contributed by atoms with van der Waals surface area (Å²) >= 11 is 1.52. The van der Waals surface area contributed by atoms with E-state index in [4.69, 9.17) is 4.74 Å². The Balaban J connectivity index is 1.88. The lowest BCUT2D eigenvalue weighted by Crippen LogP contribution is -2.48. The summed E-state index contributed by atoms with van der Waals surface area (Å²) in [6, 6.07) is 13.7. The van der Waals surface area contributed by atoms with Gasteiger partial charge in [-0.3, -0.25) is 9.59 Å². The highest BCUT2D eigenvalue weighted by Crippen LogP contribution is 2.12. The van der Waals surface area contributed by atoms with Gasteiger partial charge in [0.25, 0.3) is 5.91 Å². The van der Waals surface area contributed by atoms with Crippen LogP contribution in [0.2, 0.25) is 0 Å². The van der Waals surface area contributed by atoms with E-state index in [0.29, 0.717) is 23.5 Å². The minimum Gasteiger partial charge on any atom is -0.497 e. The highest BCUT2D eigenvalue weighted by atomic mass is 32.2. The van der Waals surface area contributed by atoms with Crippen molar-refractivity contribution in [3.05, 3.63) is 60.2 Å². The van der Waals surface area contributed by atoms with Gasteiger partial charge in [-0.2, -0.15) is 16.5 Å². The largest absolute Gasteiger partial charge is 0.497 e. The Hall–Kier alpha value is -2.56. The van der Waals surface area contributed by atoms with Gasteiger partial charge in [0, 0.05) is 18.7 Å². The van der Waals surface area contributed by atoms with Crippen LogP contribution >= 0.6 is 11.8 Å². The van der Waals surface area contributed by atoms with Crippen molar-refractivity contribution in [2.75, 3.05) is 32.2 Å². The van der Waals surface area contributed by atoms with Crippen LogP contribution in [0.4, 0.5) is 0 Å². The van der Waals surface area contributed by atoms with Crippen LogP contribution in [-0.4, -0.2) is 58.5 Å². The molecule has 3 N–H and O–H groups in total. The van der Waals surface area contributed by atoms with Crippen LogP contribution in [0.3, 0.4) is 0 Å². The molecule has 1 atom stereocenters. The summed E-state index contributed by atoms with van der Waals surface area (Å²) in [5, 5.41) is 5.39. The predicted octanol–water partition coefficient (Wildman–Crippen LogP) is 1.64. The lowest BCUT2D eigenvalue weighted by Gasteiger charge is -2.18. The lowest BCUT2D eigenvalue weighted by atomic mass is 10.2. The Kier molecular flexibility index (Phi) is 9.83. The maximum Gasteiger partial charge on any atom is 0.251 e. The van der Waals surface area contributed by atoms with Crippen molar-refractivity contribution in [1.29, 1.82) is 0 Å². The zero-order chi connectivity index (χ0) is 22.7. The van der Waals surface area contributed by atoms with Crippen molar-refractivity contribution >= 4 is 33.6 Å². The van der Waals surface area contributed by atoms with E-state index in [1.54, 1.807) is 49.6 Å². The van der Waals surface area contributed by atoms with Gasteiger partial charge in [0.1, 0.15) is 11.8 Å². The summed E-state index contributed by atoms with van der Waals surface area (Å²) < 4.78 is 32.7. The second-order valence-corrected chi connectivity index (χ2v) is 9.24. The Labute approximate surface area is 187 Å². The normalized spacial score (nSPS) is 12.1. The number of benzene rings is 2. The van der Waals surface area contributed by atoms with Crippen LogP contribution in [0.5, 0.6) is 5.75 Å². The molecule has 0 fully saturated rings. The first-order valence-corrected chi connectivity index (χ1v) is 12.5. The van der Waals surface area contributed by atoms with Crippen LogP contribution in [0, 0.1) is 0 Å². The van der Waals surface area contributed by atoms with E-state index in [2.05, 4.69) is 15.4 Å². The molecule has 0 saturated heterocycles. The number of ether oxygens (including phenoxy) is 1. The molecular formula is C21H27N3O5S2. The number of amides is 2. The highest BCUT2D eigenvalue weighted by molar-refractivity contribution is 7.98. The molecule has 31 heavy (non-hydrogen) atoms. The zero-order valence-corrected chi connectivity index (χ0v) is 19.1. The molecule has 2 aromatic rings. The minimum atomic E-state index is -3.82. The molecule has 0 bridgehead atoms. The predicted molar refractivity (Wildman–Crippen MR) is 122 cm³/mol. The quantitative estimate of drug-likeness (QED) is 0.411. The molecule has 0 aliphatic rings. The smallest absolute Gasteiger partial charge is 0.251 e. The molecule has 10 heteroatoms. The van der Waals surface area contributed by atoms with E-state index < -0.39 is 22.0 Å². The van der Waals surface area contributed by atoms with Gasteiger partial charge in [0.2, 0.25) is 15.9 Å². The first-order valence-electron chi connectivity index (χ1n) is 9.63. The zero-order valence-electron chi connectivity index (χ0n) is 17.5. The van der Waals surface area contributed by atoms with Gasteiger partial charge in [-0.1, -0.05) is 18.2 Å². The van der Waals surface area contributed by atoms with Gasteiger partial charge in [-0.15, -0.1) is 0 Å². The summed E-state index contributed by atoms with van der Waals surface area (Å²) in [5.41, 5.74) is 0.473. The molecule has 0 saturated carbocycles. The van der Waals surface area contributed by atoms with Crippen molar-refractivity contribution < 1.29 is 22.7 Å². The van der Waals surface area contributed by atoms with E-state index in [1.807, 2.05) is 6.26 Å². The Bertz CT molecular complexity index is 951. The number of thioether (sulfide) groups is 1. The molecule has 0 spiro atoms. The Morgan fingerprint density at radius 2 is 1.65 bits per heavy atom. The molecule has 0 heterocycles. The third kappa shape index (κ3) is 7.89. The van der Waals surface area contributed by atoms with Gasteiger partial charge in [-0.25, -0.2) is 8.42 Å². The van der Waals surface area contributed by atoms with Gasteiger partial charge in [0.15, 0.2) is 0 Å². The van der Waals surface area contributed by atoms with Crippen molar-refractivity contribution in [2.24, 2.45) is 0 Å². The maximum atomic E-state index is 12.6. The van der Waals surface area contributed by atoms with E-state index in [9.17, 15) is 18.0 Å². The Morgan fingerprint density at radius 1 is 1.00 bits per heavy atom. The van der Waals surface area contributed by atoms with Gasteiger partial charge in [0.05, 0.1) is 12.0 Å². The molecule has 2 rings (SSSR count). The van der Waals surface area contributed by atoms with E-state index in [0.717, 1.165) is 0 Å². The number of hydrogen-bond donors (Lipinski definition) is 3. The van der Waals surface area contributed by atoms with Gasteiger partial charge in [-0.05, 0) is 54.8 Å². The molecule has 0 aromatic heterocycles. The number of carbonyl (C=O) groups is 2. The monoisotopic (exact) mass is 465 g/mol. The van der Waals surface area contributed by atoms with Crippen molar-refractivity contribution in [3.63, 3.8) is 0 Å². The number of sulfonamides is 1. The molecule has 168 valence electrons. The molecule has 8 nitrogen and oxygen atoms in total. The van der Waals surface area contributed by atoms with Crippen LogP contribution in [0.1, 0.15) is 16.8 Å². The van der Waals surface area contributed by atoms with Crippen LogP contribution in [0.25, 0.3) is 0 Å². The summed E-state index contributed by atoms with van der Waals surface area (Å²) in [5.74, 6) is 0.551. The fraction of sp³-hybridized carbons (Fsp3) is 0.333. The topological polar surface area (TPSA) is 114 Å². The third-order valence-corrected chi connectivity index (χ3v) is 6.47. The molecule has 1 unspecified atom stereocenters. The molecule has 0 radical (unpaired) electrons. The Morgan fingerprint density at radius 3 is 2.26 bits per heavy atom. The summed E-state index contributed by atoms with van der Waals surface area (Å²) in [6.07, 6.45) is 2.23. The summed E-state index contributed by atoms with van der Waals surface area (Å²) in [7, 11) is -2.28. The molecule has 0 aliphatic heterocycles. The number of rotatable bonds is 12. The van der Waals surface area contributed by atoms with Crippen LogP contribution in [0.15, 0.2) is 59.5 Å². The number of nitrogens with one attached hydrogen (secondary N) is 3. The van der Waals surface area contributed by atoms with Gasteiger partial charge < -0.3 is 15.4 Å². The standard InChI is InChI=1S/C21H27N3O5S2/c1-29-17-10-8-16(9-11-17)20(25)22-13-14-23-21(26)19(12-15-30-2)24-31(27,28)18-6-4-3-5-7-18/h3-11,19,24H,12-15H2,1-2H3,(H,22,25)(H,23,26).